The number of para-hydroxylation sites is 2. The molecule has 170 valence electrons. The van der Waals surface area contributed by atoms with E-state index in [9.17, 15) is 9.59 Å². The first-order chi connectivity index (χ1) is 16.6. The number of rotatable bonds is 5. The molecule has 0 radical (unpaired) electrons. The van der Waals surface area contributed by atoms with Gasteiger partial charge in [-0.3, -0.25) is 19.1 Å². The first-order valence-corrected chi connectivity index (χ1v) is 11.1. The van der Waals surface area contributed by atoms with E-state index in [1.54, 1.807) is 23.1 Å². The van der Waals surface area contributed by atoms with Crippen LogP contribution in [0.5, 0.6) is 11.5 Å². The van der Waals surface area contributed by atoms with Crippen LogP contribution in [-0.4, -0.2) is 28.2 Å². The normalized spacial score (nSPS) is 16.2. The number of ether oxygens (including phenoxy) is 2. The van der Waals surface area contributed by atoms with Gasteiger partial charge in [0.15, 0.2) is 11.5 Å². The Bertz CT molecular complexity index is 1440. The largest absolute Gasteiger partial charge is 0.454 e. The SMILES string of the molecule is Cc1cccc(CN2C(=O)[C@@H](CC(=O)Nc3ccc4c(c3)OCO4)n3c2nc2ccccc23)c1. The van der Waals surface area contributed by atoms with Gasteiger partial charge in [0.05, 0.1) is 24.0 Å². The van der Waals surface area contributed by atoms with Crippen molar-refractivity contribution in [2.24, 2.45) is 0 Å². The van der Waals surface area contributed by atoms with Crippen LogP contribution in [0.1, 0.15) is 23.6 Å². The minimum absolute atomic E-state index is 0.00898. The molecule has 0 fully saturated rings. The smallest absolute Gasteiger partial charge is 0.253 e. The minimum Gasteiger partial charge on any atom is -0.454 e. The number of benzene rings is 3. The second-order valence-corrected chi connectivity index (χ2v) is 8.52. The van der Waals surface area contributed by atoms with Gasteiger partial charge in [0, 0.05) is 11.8 Å². The lowest BCUT2D eigenvalue weighted by Gasteiger charge is -2.16. The molecule has 3 aromatic carbocycles. The summed E-state index contributed by atoms with van der Waals surface area (Å²) < 4.78 is 12.6. The third-order valence-corrected chi connectivity index (χ3v) is 6.14. The number of imidazole rings is 1. The van der Waals surface area contributed by atoms with Gasteiger partial charge in [-0.25, -0.2) is 4.98 Å². The van der Waals surface area contributed by atoms with E-state index in [1.807, 2.05) is 54.0 Å². The molecule has 0 bridgehead atoms. The monoisotopic (exact) mass is 454 g/mol. The summed E-state index contributed by atoms with van der Waals surface area (Å²) in [6, 6.07) is 20.3. The van der Waals surface area contributed by atoms with Crippen molar-refractivity contribution in [2.75, 3.05) is 17.0 Å². The topological polar surface area (TPSA) is 85.7 Å². The Hall–Kier alpha value is -4.33. The standard InChI is InChI=1S/C26H22N4O4/c1-16-5-4-6-17(11-16)14-29-25(32)21(30-20-8-3-2-7-19(20)28-26(29)30)13-24(31)27-18-9-10-22-23(12-18)34-15-33-22/h2-12,21H,13-15H2,1H3,(H,27,31)/t21-/m1/s1. The summed E-state index contributed by atoms with van der Waals surface area (Å²) in [5.74, 6) is 1.38. The molecule has 2 amide bonds. The molecule has 0 saturated heterocycles. The number of hydrogen-bond donors (Lipinski definition) is 1. The first-order valence-electron chi connectivity index (χ1n) is 11.1. The zero-order chi connectivity index (χ0) is 23.2. The Morgan fingerprint density at radius 1 is 1.06 bits per heavy atom. The van der Waals surface area contributed by atoms with E-state index in [2.05, 4.69) is 11.4 Å². The molecule has 34 heavy (non-hydrogen) atoms. The van der Waals surface area contributed by atoms with Gasteiger partial charge in [-0.15, -0.1) is 0 Å². The molecule has 0 aliphatic carbocycles. The number of anilines is 2. The van der Waals surface area contributed by atoms with Crippen LogP contribution in [0, 0.1) is 6.92 Å². The maximum absolute atomic E-state index is 13.5. The average Bonchev–Trinajstić information content (AvgIpc) is 3.50. The molecule has 8 nitrogen and oxygen atoms in total. The predicted molar refractivity (Wildman–Crippen MR) is 127 cm³/mol. The highest BCUT2D eigenvalue weighted by molar-refractivity contribution is 6.05. The van der Waals surface area contributed by atoms with Crippen LogP contribution in [0.15, 0.2) is 66.7 Å². The zero-order valence-electron chi connectivity index (χ0n) is 18.5. The molecule has 2 aliphatic rings. The molecule has 0 saturated carbocycles. The Kier molecular flexibility index (Phi) is 4.72. The van der Waals surface area contributed by atoms with Crippen molar-refractivity contribution in [2.45, 2.75) is 25.9 Å². The molecule has 6 rings (SSSR count). The molecule has 0 spiro atoms. The molecule has 0 unspecified atom stereocenters. The van der Waals surface area contributed by atoms with E-state index in [0.717, 1.165) is 22.2 Å². The third kappa shape index (κ3) is 3.44. The lowest BCUT2D eigenvalue weighted by molar-refractivity contribution is -0.124. The van der Waals surface area contributed by atoms with Gasteiger partial charge in [0.25, 0.3) is 5.91 Å². The fourth-order valence-corrected chi connectivity index (χ4v) is 4.60. The quantitative estimate of drug-likeness (QED) is 0.489. The van der Waals surface area contributed by atoms with Crippen molar-refractivity contribution in [3.8, 4) is 11.5 Å². The second kappa shape index (κ2) is 7.91. The molecule has 3 heterocycles. The predicted octanol–water partition coefficient (Wildman–Crippen LogP) is 4.19. The van der Waals surface area contributed by atoms with Crippen LogP contribution in [0.3, 0.4) is 0 Å². The Morgan fingerprint density at radius 3 is 2.79 bits per heavy atom. The lowest BCUT2D eigenvalue weighted by atomic mass is 10.1. The lowest BCUT2D eigenvalue weighted by Crippen LogP contribution is -2.31. The van der Waals surface area contributed by atoms with Crippen molar-refractivity contribution < 1.29 is 19.1 Å². The van der Waals surface area contributed by atoms with Crippen molar-refractivity contribution in [3.05, 3.63) is 77.9 Å². The van der Waals surface area contributed by atoms with Gasteiger partial charge in [-0.2, -0.15) is 0 Å². The highest BCUT2D eigenvalue weighted by Crippen LogP contribution is 2.38. The highest BCUT2D eigenvalue weighted by atomic mass is 16.7. The summed E-state index contributed by atoms with van der Waals surface area (Å²) in [5, 5.41) is 2.88. The molecular weight excluding hydrogens is 432 g/mol. The number of aromatic nitrogens is 2. The molecule has 2 aliphatic heterocycles. The molecule has 8 heteroatoms. The summed E-state index contributed by atoms with van der Waals surface area (Å²) >= 11 is 0. The fourth-order valence-electron chi connectivity index (χ4n) is 4.60. The van der Waals surface area contributed by atoms with Gasteiger partial charge < -0.3 is 14.8 Å². The van der Waals surface area contributed by atoms with Crippen molar-refractivity contribution in [3.63, 3.8) is 0 Å². The number of fused-ring (bicyclic) bond motifs is 4. The summed E-state index contributed by atoms with van der Waals surface area (Å²) in [7, 11) is 0. The van der Waals surface area contributed by atoms with E-state index >= 15 is 0 Å². The van der Waals surface area contributed by atoms with Gasteiger partial charge in [-0.05, 0) is 36.8 Å². The van der Waals surface area contributed by atoms with Gasteiger partial charge in [-0.1, -0.05) is 42.0 Å². The minimum atomic E-state index is -0.679. The number of carbonyl (C=O) groups excluding carboxylic acids is 2. The Morgan fingerprint density at radius 2 is 1.91 bits per heavy atom. The van der Waals surface area contributed by atoms with Crippen molar-refractivity contribution in [1.82, 2.24) is 9.55 Å². The van der Waals surface area contributed by atoms with Crippen molar-refractivity contribution >= 4 is 34.5 Å². The average molecular weight is 454 g/mol. The maximum atomic E-state index is 13.5. The second-order valence-electron chi connectivity index (χ2n) is 8.52. The first kappa shape index (κ1) is 20.3. The van der Waals surface area contributed by atoms with E-state index in [4.69, 9.17) is 14.5 Å². The summed E-state index contributed by atoms with van der Waals surface area (Å²) in [4.78, 5) is 33.0. The molecular formula is C26H22N4O4. The molecule has 1 aromatic heterocycles. The van der Waals surface area contributed by atoms with Gasteiger partial charge >= 0.3 is 0 Å². The van der Waals surface area contributed by atoms with Crippen LogP contribution in [-0.2, 0) is 16.1 Å². The number of hydrogen-bond acceptors (Lipinski definition) is 5. The van der Waals surface area contributed by atoms with Crippen LogP contribution >= 0.6 is 0 Å². The van der Waals surface area contributed by atoms with Crippen molar-refractivity contribution in [1.29, 1.82) is 0 Å². The van der Waals surface area contributed by atoms with Crippen LogP contribution < -0.4 is 19.7 Å². The van der Waals surface area contributed by atoms with Gasteiger partial charge in [0.2, 0.25) is 18.6 Å². The van der Waals surface area contributed by atoms with Crippen LogP contribution in [0.2, 0.25) is 0 Å². The van der Waals surface area contributed by atoms with E-state index in [0.29, 0.717) is 29.7 Å². The summed E-state index contributed by atoms with van der Waals surface area (Å²) in [6.07, 6.45) is -0.00898. The van der Waals surface area contributed by atoms with E-state index < -0.39 is 6.04 Å². The summed E-state index contributed by atoms with van der Waals surface area (Å²) in [6.45, 7) is 2.58. The fraction of sp³-hybridized carbons (Fsp3) is 0.192. The third-order valence-electron chi connectivity index (χ3n) is 6.14. The number of nitrogens with one attached hydrogen (secondary N) is 1. The zero-order valence-corrected chi connectivity index (χ0v) is 18.5. The Labute approximate surface area is 195 Å². The van der Waals surface area contributed by atoms with E-state index in [-0.39, 0.29) is 25.0 Å². The van der Waals surface area contributed by atoms with Crippen LogP contribution in [0.4, 0.5) is 11.6 Å². The summed E-state index contributed by atoms with van der Waals surface area (Å²) in [5.41, 5.74) is 4.35. The highest BCUT2D eigenvalue weighted by Gasteiger charge is 2.40. The molecule has 1 N–H and O–H groups in total. The number of nitrogens with zero attached hydrogens (tertiary/aromatic N) is 3. The Balaban J connectivity index is 1.30. The molecule has 4 aromatic rings. The van der Waals surface area contributed by atoms with Crippen LogP contribution in [0.25, 0.3) is 11.0 Å². The number of amides is 2. The number of carbonyl (C=O) groups is 2. The maximum Gasteiger partial charge on any atom is 0.253 e. The van der Waals surface area contributed by atoms with E-state index in [1.165, 1.54) is 0 Å². The molecule has 1 atom stereocenters. The number of aryl methyl sites for hydroxylation is 1. The van der Waals surface area contributed by atoms with Gasteiger partial charge in [0.1, 0.15) is 6.04 Å².